The minimum atomic E-state index is -0.0970. The number of rotatable bonds is 5. The van der Waals surface area contributed by atoms with Crippen LogP contribution in [0.5, 0.6) is 0 Å². The smallest absolute Gasteiger partial charge is 0.318 e. The van der Waals surface area contributed by atoms with Crippen LogP contribution in [-0.2, 0) is 6.54 Å². The summed E-state index contributed by atoms with van der Waals surface area (Å²) in [5, 5.41) is 13.1. The molecule has 20 heavy (non-hydrogen) atoms. The Hall–Kier alpha value is -2.01. The number of para-hydroxylation sites is 1. The van der Waals surface area contributed by atoms with Crippen molar-refractivity contribution in [2.45, 2.75) is 25.4 Å². The van der Waals surface area contributed by atoms with Crippen LogP contribution in [0.2, 0.25) is 0 Å². The lowest BCUT2D eigenvalue weighted by Gasteiger charge is -2.21. The number of aromatic nitrogens is 1. The first-order valence-electron chi connectivity index (χ1n) is 7.00. The molecule has 1 heterocycles. The Morgan fingerprint density at radius 2 is 2.20 bits per heavy atom. The van der Waals surface area contributed by atoms with Crippen LogP contribution in [0.4, 0.5) is 4.79 Å². The predicted octanol–water partition coefficient (Wildman–Crippen LogP) is 1.83. The molecule has 1 aromatic carbocycles. The quantitative estimate of drug-likeness (QED) is 0.778. The lowest BCUT2D eigenvalue weighted by Crippen LogP contribution is -2.42. The molecule has 1 saturated carbocycles. The van der Waals surface area contributed by atoms with Crippen LogP contribution in [0, 0.1) is 0 Å². The molecule has 106 valence electrons. The van der Waals surface area contributed by atoms with E-state index in [0.717, 1.165) is 29.4 Å². The number of nitrogens with one attached hydrogen (secondary N) is 2. The minimum Gasteiger partial charge on any atom is -0.395 e. The van der Waals surface area contributed by atoms with Gasteiger partial charge in [0.2, 0.25) is 0 Å². The number of aliphatic hydroxyl groups excluding tert-OH is 1. The number of hydrogen-bond acceptors (Lipinski definition) is 2. The van der Waals surface area contributed by atoms with Gasteiger partial charge in [0.25, 0.3) is 0 Å². The van der Waals surface area contributed by atoms with Crippen molar-refractivity contribution >= 4 is 16.9 Å². The monoisotopic (exact) mass is 273 g/mol. The lowest BCUT2D eigenvalue weighted by molar-refractivity contribution is 0.173. The zero-order chi connectivity index (χ0) is 13.9. The van der Waals surface area contributed by atoms with Crippen molar-refractivity contribution in [3.8, 4) is 0 Å². The van der Waals surface area contributed by atoms with Gasteiger partial charge in [-0.15, -0.1) is 0 Å². The molecule has 0 radical (unpaired) electrons. The second-order valence-corrected chi connectivity index (χ2v) is 5.19. The fraction of sp³-hybridized carbons (Fsp3) is 0.400. The van der Waals surface area contributed by atoms with Crippen LogP contribution in [-0.4, -0.2) is 40.2 Å². The van der Waals surface area contributed by atoms with Crippen molar-refractivity contribution in [1.82, 2.24) is 15.2 Å². The molecule has 1 aliphatic carbocycles. The summed E-state index contributed by atoms with van der Waals surface area (Å²) in [5.41, 5.74) is 2.06. The molecule has 0 saturated heterocycles. The molecule has 5 heteroatoms. The molecular weight excluding hydrogens is 254 g/mol. The average molecular weight is 273 g/mol. The first-order chi connectivity index (χ1) is 9.78. The van der Waals surface area contributed by atoms with Crippen LogP contribution in [0.25, 0.3) is 10.9 Å². The number of fused-ring (bicyclic) bond motifs is 1. The Bertz CT molecular complexity index is 571. The molecule has 3 N–H and O–H groups in total. The molecule has 0 bridgehead atoms. The van der Waals surface area contributed by atoms with Crippen LogP contribution < -0.4 is 5.32 Å². The van der Waals surface area contributed by atoms with Crippen molar-refractivity contribution in [3.05, 3.63) is 36.0 Å². The molecule has 1 aromatic heterocycles. The van der Waals surface area contributed by atoms with Gasteiger partial charge in [-0.1, -0.05) is 18.2 Å². The average Bonchev–Trinajstić information content (AvgIpc) is 3.20. The Morgan fingerprint density at radius 1 is 1.40 bits per heavy atom. The summed E-state index contributed by atoms with van der Waals surface area (Å²) in [6.07, 6.45) is 2.08. The van der Waals surface area contributed by atoms with Gasteiger partial charge in [-0.05, 0) is 30.4 Å². The van der Waals surface area contributed by atoms with Gasteiger partial charge in [0, 0.05) is 23.8 Å². The Balaban J connectivity index is 1.61. The molecule has 5 nitrogen and oxygen atoms in total. The van der Waals surface area contributed by atoms with Crippen LogP contribution >= 0.6 is 0 Å². The van der Waals surface area contributed by atoms with E-state index < -0.39 is 0 Å². The highest BCUT2D eigenvalue weighted by molar-refractivity contribution is 5.80. The third-order valence-corrected chi connectivity index (χ3v) is 3.61. The van der Waals surface area contributed by atoms with Crippen LogP contribution in [0.3, 0.4) is 0 Å². The summed E-state index contributed by atoms with van der Waals surface area (Å²) in [4.78, 5) is 17.1. The molecule has 3 rings (SSSR count). The van der Waals surface area contributed by atoms with Crippen LogP contribution in [0.15, 0.2) is 30.3 Å². The zero-order valence-electron chi connectivity index (χ0n) is 11.3. The number of aliphatic hydroxyl groups is 1. The second kappa shape index (κ2) is 5.54. The van der Waals surface area contributed by atoms with E-state index in [1.165, 1.54) is 0 Å². The predicted molar refractivity (Wildman–Crippen MR) is 77.3 cm³/mol. The van der Waals surface area contributed by atoms with Gasteiger partial charge >= 0.3 is 6.03 Å². The van der Waals surface area contributed by atoms with Gasteiger partial charge in [0.15, 0.2) is 0 Å². The van der Waals surface area contributed by atoms with Gasteiger partial charge in [0.05, 0.1) is 13.2 Å². The second-order valence-electron chi connectivity index (χ2n) is 5.19. The number of hydrogen-bond donors (Lipinski definition) is 3. The Kier molecular flexibility index (Phi) is 3.60. The summed E-state index contributed by atoms with van der Waals surface area (Å²) in [6.45, 7) is 0.891. The van der Waals surface area contributed by atoms with Gasteiger partial charge in [-0.3, -0.25) is 0 Å². The summed E-state index contributed by atoms with van der Waals surface area (Å²) in [5.74, 6) is 0. The molecular formula is C15H19N3O2. The van der Waals surface area contributed by atoms with Crippen molar-refractivity contribution < 1.29 is 9.90 Å². The number of aromatic amines is 1. The molecule has 1 fully saturated rings. The van der Waals surface area contributed by atoms with Gasteiger partial charge < -0.3 is 20.3 Å². The van der Waals surface area contributed by atoms with E-state index in [9.17, 15) is 4.79 Å². The van der Waals surface area contributed by atoms with E-state index in [1.54, 1.807) is 4.90 Å². The molecule has 2 aromatic rings. The maximum absolute atomic E-state index is 12.1. The van der Waals surface area contributed by atoms with Gasteiger partial charge in [-0.2, -0.15) is 0 Å². The van der Waals surface area contributed by atoms with Crippen molar-refractivity contribution in [1.29, 1.82) is 0 Å². The SMILES string of the molecule is O=C(NCc1cc2ccccc2[nH]1)N(CCO)C1CC1. The highest BCUT2D eigenvalue weighted by Gasteiger charge is 2.31. The van der Waals surface area contributed by atoms with E-state index in [1.807, 2.05) is 30.3 Å². The molecule has 0 aliphatic heterocycles. The third kappa shape index (κ3) is 2.77. The summed E-state index contributed by atoms with van der Waals surface area (Å²) in [6, 6.07) is 10.3. The number of carbonyl (C=O) groups is 1. The summed E-state index contributed by atoms with van der Waals surface area (Å²) in [7, 11) is 0. The van der Waals surface area contributed by atoms with Crippen molar-refractivity contribution in [2.24, 2.45) is 0 Å². The van der Waals surface area contributed by atoms with Gasteiger partial charge in [-0.25, -0.2) is 4.79 Å². The van der Waals surface area contributed by atoms with E-state index >= 15 is 0 Å². The normalized spacial score (nSPS) is 14.4. The largest absolute Gasteiger partial charge is 0.395 e. The highest BCUT2D eigenvalue weighted by Crippen LogP contribution is 2.26. The number of nitrogens with zero attached hydrogens (tertiary/aromatic N) is 1. The first-order valence-corrected chi connectivity index (χ1v) is 7.00. The van der Waals surface area contributed by atoms with E-state index in [0.29, 0.717) is 19.1 Å². The fourth-order valence-electron chi connectivity index (χ4n) is 2.44. The Morgan fingerprint density at radius 3 is 2.90 bits per heavy atom. The van der Waals surface area contributed by atoms with Crippen molar-refractivity contribution in [2.75, 3.05) is 13.2 Å². The van der Waals surface area contributed by atoms with Crippen LogP contribution in [0.1, 0.15) is 18.5 Å². The van der Waals surface area contributed by atoms with E-state index in [4.69, 9.17) is 5.11 Å². The maximum atomic E-state index is 12.1. The number of H-pyrrole nitrogens is 1. The molecule has 0 atom stereocenters. The Labute approximate surface area is 117 Å². The van der Waals surface area contributed by atoms with Gasteiger partial charge in [0.1, 0.15) is 0 Å². The number of amides is 2. The summed E-state index contributed by atoms with van der Waals surface area (Å²) >= 11 is 0. The molecule has 1 aliphatic rings. The fourth-order valence-corrected chi connectivity index (χ4v) is 2.44. The lowest BCUT2D eigenvalue weighted by atomic mass is 10.2. The minimum absolute atomic E-state index is 0.0102. The zero-order valence-corrected chi connectivity index (χ0v) is 11.3. The number of urea groups is 1. The maximum Gasteiger partial charge on any atom is 0.318 e. The number of carbonyl (C=O) groups excluding carboxylic acids is 1. The molecule has 0 unspecified atom stereocenters. The molecule has 0 spiro atoms. The third-order valence-electron chi connectivity index (χ3n) is 3.61. The standard InChI is InChI=1S/C15H19N3O2/c19-8-7-18(13-5-6-13)15(20)16-10-12-9-11-3-1-2-4-14(11)17-12/h1-4,9,13,17,19H,5-8,10H2,(H,16,20). The highest BCUT2D eigenvalue weighted by atomic mass is 16.3. The topological polar surface area (TPSA) is 68.4 Å². The van der Waals surface area contributed by atoms with Crippen molar-refractivity contribution in [3.63, 3.8) is 0 Å². The van der Waals surface area contributed by atoms with E-state index in [2.05, 4.69) is 10.3 Å². The number of benzene rings is 1. The first kappa shape index (κ1) is 13.0. The molecule has 2 amide bonds. The summed E-state index contributed by atoms with van der Waals surface area (Å²) < 4.78 is 0. The van der Waals surface area contributed by atoms with E-state index in [-0.39, 0.29) is 12.6 Å².